The highest BCUT2D eigenvalue weighted by Gasteiger charge is 2.05. The molecule has 92 valence electrons. The van der Waals surface area contributed by atoms with Crippen LogP contribution < -0.4 is 5.32 Å². The number of hydrogen-bond acceptors (Lipinski definition) is 3. The summed E-state index contributed by atoms with van der Waals surface area (Å²) in [6.45, 7) is 9.55. The number of H-pyrrole nitrogens is 1. The molecule has 0 fully saturated rings. The van der Waals surface area contributed by atoms with Gasteiger partial charge in [0.2, 0.25) is 0 Å². The van der Waals surface area contributed by atoms with Crippen LogP contribution in [0.2, 0.25) is 0 Å². The monoisotopic (exact) mass is 224 g/mol. The summed E-state index contributed by atoms with van der Waals surface area (Å²) in [5.74, 6) is 0. The maximum Gasteiger partial charge on any atom is 0.0535 e. The van der Waals surface area contributed by atoms with Gasteiger partial charge in [-0.3, -0.25) is 5.10 Å². The molecule has 1 aromatic rings. The molecule has 0 saturated heterocycles. The second-order valence-corrected chi connectivity index (χ2v) is 4.43. The molecule has 0 amide bonds. The summed E-state index contributed by atoms with van der Waals surface area (Å²) in [5.41, 5.74) is 2.41. The van der Waals surface area contributed by atoms with E-state index in [1.54, 1.807) is 0 Å². The van der Waals surface area contributed by atoms with Gasteiger partial charge < -0.3 is 10.2 Å². The number of aromatic nitrogens is 2. The van der Waals surface area contributed by atoms with E-state index in [1.165, 1.54) is 12.0 Å². The number of aromatic amines is 1. The van der Waals surface area contributed by atoms with E-state index in [0.717, 1.165) is 25.3 Å². The summed E-state index contributed by atoms with van der Waals surface area (Å²) in [4.78, 5) is 2.38. The first-order valence-corrected chi connectivity index (χ1v) is 6.05. The van der Waals surface area contributed by atoms with Gasteiger partial charge in [-0.2, -0.15) is 5.10 Å². The molecule has 0 spiro atoms. The largest absolute Gasteiger partial charge is 0.311 e. The van der Waals surface area contributed by atoms with Gasteiger partial charge in [0, 0.05) is 36.9 Å². The molecule has 0 bridgehead atoms. The van der Waals surface area contributed by atoms with E-state index in [9.17, 15) is 0 Å². The zero-order valence-corrected chi connectivity index (χ0v) is 10.9. The van der Waals surface area contributed by atoms with Gasteiger partial charge in [-0.25, -0.2) is 0 Å². The van der Waals surface area contributed by atoms with E-state index in [1.807, 2.05) is 6.20 Å². The van der Waals surface area contributed by atoms with Gasteiger partial charge in [0.25, 0.3) is 0 Å². The van der Waals surface area contributed by atoms with Crippen molar-refractivity contribution in [3.63, 3.8) is 0 Å². The van der Waals surface area contributed by atoms with Crippen LogP contribution in [0.4, 0.5) is 0 Å². The van der Waals surface area contributed by atoms with Gasteiger partial charge in [0.05, 0.1) is 6.20 Å². The van der Waals surface area contributed by atoms with Gasteiger partial charge >= 0.3 is 0 Å². The molecule has 0 aliphatic heterocycles. The van der Waals surface area contributed by atoms with Crippen LogP contribution in [0.1, 0.15) is 31.5 Å². The van der Waals surface area contributed by atoms with E-state index in [2.05, 4.69) is 48.2 Å². The molecule has 1 rings (SSSR count). The highest BCUT2D eigenvalue weighted by molar-refractivity contribution is 5.13. The van der Waals surface area contributed by atoms with Gasteiger partial charge in [-0.1, -0.05) is 6.92 Å². The molecule has 2 N–H and O–H groups in total. The quantitative estimate of drug-likeness (QED) is 0.690. The molecule has 1 aromatic heterocycles. The molecule has 1 heterocycles. The van der Waals surface area contributed by atoms with Crippen molar-refractivity contribution < 1.29 is 0 Å². The Morgan fingerprint density at radius 3 is 2.88 bits per heavy atom. The molecule has 4 heteroatoms. The molecule has 4 nitrogen and oxygen atoms in total. The van der Waals surface area contributed by atoms with Crippen molar-refractivity contribution in [2.75, 3.05) is 20.1 Å². The number of hydrogen-bond donors (Lipinski definition) is 2. The van der Waals surface area contributed by atoms with E-state index < -0.39 is 0 Å². The Hall–Kier alpha value is -0.870. The lowest BCUT2D eigenvalue weighted by Gasteiger charge is -2.23. The van der Waals surface area contributed by atoms with Crippen LogP contribution >= 0.6 is 0 Å². The van der Waals surface area contributed by atoms with Gasteiger partial charge in [-0.05, 0) is 27.3 Å². The number of likely N-dealkylation sites (N-methyl/N-ethyl adjacent to an activating group) is 1. The Labute approximate surface area is 98.4 Å². The van der Waals surface area contributed by atoms with Crippen molar-refractivity contribution in [3.05, 3.63) is 17.5 Å². The highest BCUT2D eigenvalue weighted by atomic mass is 15.1. The third-order valence-electron chi connectivity index (χ3n) is 3.23. The number of aryl methyl sites for hydroxylation is 1. The third-order valence-corrected chi connectivity index (χ3v) is 3.23. The molecule has 1 unspecified atom stereocenters. The predicted molar refractivity (Wildman–Crippen MR) is 67.4 cm³/mol. The zero-order chi connectivity index (χ0) is 12.0. The number of nitrogens with zero attached hydrogens (tertiary/aromatic N) is 2. The first kappa shape index (κ1) is 13.2. The van der Waals surface area contributed by atoms with Crippen LogP contribution in [0, 0.1) is 6.92 Å². The highest BCUT2D eigenvalue weighted by Crippen LogP contribution is 2.01. The molecule has 0 aliphatic rings. The minimum Gasteiger partial charge on any atom is -0.311 e. The van der Waals surface area contributed by atoms with Crippen molar-refractivity contribution in [2.24, 2.45) is 0 Å². The second-order valence-electron chi connectivity index (χ2n) is 4.43. The molecule has 16 heavy (non-hydrogen) atoms. The van der Waals surface area contributed by atoms with Crippen LogP contribution in [0.3, 0.4) is 0 Å². The average molecular weight is 224 g/mol. The molecule has 0 aromatic carbocycles. The lowest BCUT2D eigenvalue weighted by Crippen LogP contribution is -2.34. The van der Waals surface area contributed by atoms with E-state index in [0.29, 0.717) is 6.04 Å². The number of rotatable bonds is 7. The lowest BCUT2D eigenvalue weighted by molar-refractivity contribution is 0.251. The summed E-state index contributed by atoms with van der Waals surface area (Å²) in [5, 5.41) is 10.4. The number of nitrogens with one attached hydrogen (secondary N) is 2. The SMILES string of the molecule is CCC(C)N(C)CCNCc1cn[nH]c1C. The molecule has 1 atom stereocenters. The molecular weight excluding hydrogens is 200 g/mol. The topological polar surface area (TPSA) is 44.0 Å². The van der Waals surface area contributed by atoms with Crippen molar-refractivity contribution >= 4 is 0 Å². The van der Waals surface area contributed by atoms with E-state index in [4.69, 9.17) is 0 Å². The summed E-state index contributed by atoms with van der Waals surface area (Å²) in [6, 6.07) is 0.664. The molecular formula is C12H24N4. The van der Waals surface area contributed by atoms with Crippen LogP contribution in [0.25, 0.3) is 0 Å². The van der Waals surface area contributed by atoms with Crippen molar-refractivity contribution in [1.29, 1.82) is 0 Å². The fourth-order valence-electron chi connectivity index (χ4n) is 1.56. The average Bonchev–Trinajstić information content (AvgIpc) is 2.69. The zero-order valence-electron chi connectivity index (χ0n) is 10.9. The Morgan fingerprint density at radius 2 is 2.31 bits per heavy atom. The fraction of sp³-hybridized carbons (Fsp3) is 0.750. The maximum atomic E-state index is 4.00. The smallest absolute Gasteiger partial charge is 0.0535 e. The summed E-state index contributed by atoms with van der Waals surface area (Å²) in [6.07, 6.45) is 3.10. The van der Waals surface area contributed by atoms with Crippen LogP contribution in [0.15, 0.2) is 6.20 Å². The standard InChI is InChI=1S/C12H24N4/c1-5-10(2)16(4)7-6-13-8-12-9-14-15-11(12)3/h9-10,13H,5-8H2,1-4H3,(H,14,15). The predicted octanol–water partition coefficient (Wildman–Crippen LogP) is 1.54. The first-order chi connectivity index (χ1) is 7.65. The minimum absolute atomic E-state index is 0.664. The Morgan fingerprint density at radius 1 is 1.56 bits per heavy atom. The van der Waals surface area contributed by atoms with Gasteiger partial charge in [0.1, 0.15) is 0 Å². The lowest BCUT2D eigenvalue weighted by atomic mass is 10.2. The first-order valence-electron chi connectivity index (χ1n) is 6.05. The van der Waals surface area contributed by atoms with E-state index in [-0.39, 0.29) is 0 Å². The molecule has 0 aliphatic carbocycles. The van der Waals surface area contributed by atoms with Crippen LogP contribution in [-0.2, 0) is 6.54 Å². The summed E-state index contributed by atoms with van der Waals surface area (Å²) in [7, 11) is 2.18. The second kappa shape index (κ2) is 6.66. The van der Waals surface area contributed by atoms with E-state index >= 15 is 0 Å². The fourth-order valence-corrected chi connectivity index (χ4v) is 1.56. The third kappa shape index (κ3) is 3.94. The van der Waals surface area contributed by atoms with Gasteiger partial charge in [-0.15, -0.1) is 0 Å². The summed E-state index contributed by atoms with van der Waals surface area (Å²) < 4.78 is 0. The van der Waals surface area contributed by atoms with Crippen LogP contribution in [0.5, 0.6) is 0 Å². The summed E-state index contributed by atoms with van der Waals surface area (Å²) >= 11 is 0. The Balaban J connectivity index is 2.15. The van der Waals surface area contributed by atoms with Crippen molar-refractivity contribution in [3.8, 4) is 0 Å². The Bertz CT molecular complexity index is 295. The normalized spacial score (nSPS) is 13.3. The minimum atomic E-state index is 0.664. The molecule has 0 saturated carbocycles. The molecule has 0 radical (unpaired) electrons. The van der Waals surface area contributed by atoms with Crippen molar-refractivity contribution in [1.82, 2.24) is 20.4 Å². The Kier molecular flexibility index (Phi) is 5.49. The van der Waals surface area contributed by atoms with Crippen molar-refractivity contribution in [2.45, 2.75) is 39.8 Å². The maximum absolute atomic E-state index is 4.00. The van der Waals surface area contributed by atoms with Crippen LogP contribution in [-0.4, -0.2) is 41.3 Å². The van der Waals surface area contributed by atoms with Gasteiger partial charge in [0.15, 0.2) is 0 Å².